The number of aliphatic carboxylic acids is 1. The molecule has 98 valence electrons. The number of carboxylic acid groups (broad SMARTS) is 1. The van der Waals surface area contributed by atoms with Crippen LogP contribution < -0.4 is 4.90 Å². The average Bonchev–Trinajstić information content (AvgIpc) is 2.27. The predicted molar refractivity (Wildman–Crippen MR) is 65.8 cm³/mol. The number of nitro groups is 1. The number of nitrogens with zero attached hydrogens (tertiary/aromatic N) is 3. The van der Waals surface area contributed by atoms with Gasteiger partial charge in [0.25, 0.3) is 5.69 Å². The highest BCUT2D eigenvalue weighted by Crippen LogP contribution is 2.21. The molecule has 0 saturated carbocycles. The summed E-state index contributed by atoms with van der Waals surface area (Å²) in [6.45, 7) is 3.98. The minimum Gasteiger partial charge on any atom is -0.480 e. The van der Waals surface area contributed by atoms with Crippen LogP contribution in [0.2, 0.25) is 0 Å². The number of hydrogen-bond acceptors (Lipinski definition) is 5. The highest BCUT2D eigenvalue weighted by atomic mass is 16.6. The topological polar surface area (TPSA) is 96.6 Å². The van der Waals surface area contributed by atoms with E-state index in [9.17, 15) is 14.9 Å². The Morgan fingerprint density at radius 2 is 2.28 bits per heavy atom. The van der Waals surface area contributed by atoms with Crippen molar-refractivity contribution in [3.05, 3.63) is 27.9 Å². The van der Waals surface area contributed by atoms with Crippen LogP contribution in [0.3, 0.4) is 0 Å². The Morgan fingerprint density at radius 1 is 1.61 bits per heavy atom. The molecule has 0 aliphatic carbocycles. The molecule has 0 atom stereocenters. The number of pyridine rings is 1. The average molecular weight is 253 g/mol. The fourth-order valence-electron chi connectivity index (χ4n) is 1.68. The third kappa shape index (κ3) is 3.41. The van der Waals surface area contributed by atoms with Crippen molar-refractivity contribution >= 4 is 17.5 Å². The molecule has 1 heterocycles. The van der Waals surface area contributed by atoms with Crippen molar-refractivity contribution in [1.29, 1.82) is 0 Å². The molecule has 0 fully saturated rings. The summed E-state index contributed by atoms with van der Waals surface area (Å²) in [5.74, 6) is -0.479. The number of rotatable bonds is 6. The lowest BCUT2D eigenvalue weighted by Crippen LogP contribution is -2.31. The third-order valence-corrected chi connectivity index (χ3v) is 2.37. The molecule has 0 unspecified atom stereocenters. The van der Waals surface area contributed by atoms with Gasteiger partial charge in [0.2, 0.25) is 0 Å². The summed E-state index contributed by atoms with van der Waals surface area (Å²) in [5.41, 5.74) is 0.502. The van der Waals surface area contributed by atoms with Gasteiger partial charge in [0.15, 0.2) is 0 Å². The van der Waals surface area contributed by atoms with Gasteiger partial charge in [-0.25, -0.2) is 4.98 Å². The van der Waals surface area contributed by atoms with E-state index in [1.54, 1.807) is 11.8 Å². The van der Waals surface area contributed by atoms with Crippen molar-refractivity contribution in [2.24, 2.45) is 0 Å². The van der Waals surface area contributed by atoms with Crippen LogP contribution in [0.25, 0.3) is 0 Å². The van der Waals surface area contributed by atoms with Crippen molar-refractivity contribution in [2.45, 2.75) is 20.3 Å². The molecule has 0 radical (unpaired) electrons. The van der Waals surface area contributed by atoms with Crippen LogP contribution in [-0.4, -0.2) is 34.1 Å². The Morgan fingerprint density at radius 3 is 2.72 bits per heavy atom. The Hall–Kier alpha value is -2.18. The van der Waals surface area contributed by atoms with E-state index in [-0.39, 0.29) is 12.2 Å². The molecule has 7 nitrogen and oxygen atoms in total. The Labute approximate surface area is 104 Å². The summed E-state index contributed by atoms with van der Waals surface area (Å²) in [7, 11) is 0. The van der Waals surface area contributed by atoms with Gasteiger partial charge in [-0.2, -0.15) is 0 Å². The van der Waals surface area contributed by atoms with Gasteiger partial charge in [-0.05, 0) is 18.9 Å². The number of carboxylic acids is 1. The van der Waals surface area contributed by atoms with E-state index < -0.39 is 10.9 Å². The van der Waals surface area contributed by atoms with Crippen molar-refractivity contribution in [3.8, 4) is 0 Å². The molecule has 1 aromatic heterocycles. The quantitative estimate of drug-likeness (QED) is 0.611. The molecule has 0 aliphatic rings. The van der Waals surface area contributed by atoms with Crippen LogP contribution in [0.5, 0.6) is 0 Å². The molecule has 0 bridgehead atoms. The Balaban J connectivity index is 3.04. The summed E-state index contributed by atoms with van der Waals surface area (Å²) >= 11 is 0. The standard InChI is InChI=1S/C11H15N3O4/c1-3-4-13(7-10(15)16)11-8(2)5-9(6-12-11)14(17)18/h5-6H,3-4,7H2,1-2H3,(H,15,16). The number of hydrogen-bond donors (Lipinski definition) is 1. The SMILES string of the molecule is CCCN(CC(=O)O)c1ncc([N+](=O)[O-])cc1C. The van der Waals surface area contributed by atoms with Crippen molar-refractivity contribution in [3.63, 3.8) is 0 Å². The maximum Gasteiger partial charge on any atom is 0.323 e. The van der Waals surface area contributed by atoms with Crippen molar-refractivity contribution in [1.82, 2.24) is 4.98 Å². The fourth-order valence-corrected chi connectivity index (χ4v) is 1.68. The number of carbonyl (C=O) groups is 1. The van der Waals surface area contributed by atoms with Gasteiger partial charge >= 0.3 is 5.97 Å². The third-order valence-electron chi connectivity index (χ3n) is 2.37. The molecule has 18 heavy (non-hydrogen) atoms. The van der Waals surface area contributed by atoms with Crippen LogP contribution in [0.4, 0.5) is 11.5 Å². The normalized spacial score (nSPS) is 10.1. The lowest BCUT2D eigenvalue weighted by atomic mass is 10.2. The van der Waals surface area contributed by atoms with Crippen LogP contribution in [0.15, 0.2) is 12.3 Å². The monoisotopic (exact) mass is 253 g/mol. The predicted octanol–water partition coefficient (Wildman–Crippen LogP) is 1.60. The van der Waals surface area contributed by atoms with Crippen LogP contribution >= 0.6 is 0 Å². The zero-order valence-electron chi connectivity index (χ0n) is 10.3. The summed E-state index contributed by atoms with van der Waals surface area (Å²) in [6.07, 6.45) is 1.91. The molecule has 0 amide bonds. The van der Waals surface area contributed by atoms with Gasteiger partial charge < -0.3 is 10.0 Å². The first-order valence-corrected chi connectivity index (χ1v) is 5.53. The second kappa shape index (κ2) is 5.95. The molecule has 0 aromatic carbocycles. The van der Waals surface area contributed by atoms with Gasteiger partial charge in [-0.1, -0.05) is 6.92 Å². The largest absolute Gasteiger partial charge is 0.480 e. The highest BCUT2D eigenvalue weighted by Gasteiger charge is 2.16. The Kier molecular flexibility index (Phi) is 4.59. The molecule has 7 heteroatoms. The van der Waals surface area contributed by atoms with Gasteiger partial charge in [0.05, 0.1) is 4.92 Å². The molecule has 1 aromatic rings. The zero-order chi connectivity index (χ0) is 13.7. The number of anilines is 1. The molecule has 0 saturated heterocycles. The second-order valence-electron chi connectivity index (χ2n) is 3.91. The van der Waals surface area contributed by atoms with E-state index in [1.807, 2.05) is 6.92 Å². The van der Waals surface area contributed by atoms with E-state index in [0.717, 1.165) is 12.6 Å². The first-order valence-electron chi connectivity index (χ1n) is 5.53. The second-order valence-corrected chi connectivity index (χ2v) is 3.91. The van der Waals surface area contributed by atoms with Crippen LogP contribution in [0, 0.1) is 17.0 Å². The van der Waals surface area contributed by atoms with Crippen LogP contribution in [-0.2, 0) is 4.79 Å². The van der Waals surface area contributed by atoms with E-state index in [2.05, 4.69) is 4.98 Å². The number of aromatic nitrogens is 1. The first-order chi connectivity index (χ1) is 8.45. The van der Waals surface area contributed by atoms with Gasteiger partial charge in [-0.15, -0.1) is 0 Å². The lowest BCUT2D eigenvalue weighted by Gasteiger charge is -2.22. The minimum atomic E-state index is -0.956. The van der Waals surface area contributed by atoms with E-state index in [1.165, 1.54) is 6.07 Å². The molecule has 0 aliphatic heterocycles. The maximum absolute atomic E-state index is 10.8. The summed E-state index contributed by atoms with van der Waals surface area (Å²) < 4.78 is 0. The van der Waals surface area contributed by atoms with Crippen LogP contribution in [0.1, 0.15) is 18.9 Å². The zero-order valence-corrected chi connectivity index (χ0v) is 10.3. The molecule has 1 N–H and O–H groups in total. The summed E-state index contributed by atoms with van der Waals surface area (Å²) in [4.78, 5) is 26.4. The molecule has 1 rings (SSSR count). The minimum absolute atomic E-state index is 0.0944. The lowest BCUT2D eigenvalue weighted by molar-refractivity contribution is -0.385. The summed E-state index contributed by atoms with van der Waals surface area (Å²) in [6, 6.07) is 1.40. The van der Waals surface area contributed by atoms with Gasteiger partial charge in [0, 0.05) is 12.6 Å². The van der Waals surface area contributed by atoms with E-state index in [0.29, 0.717) is 17.9 Å². The highest BCUT2D eigenvalue weighted by molar-refractivity contribution is 5.73. The first kappa shape index (κ1) is 13.9. The van der Waals surface area contributed by atoms with E-state index >= 15 is 0 Å². The van der Waals surface area contributed by atoms with Gasteiger partial charge in [0.1, 0.15) is 18.6 Å². The maximum atomic E-state index is 10.8. The fraction of sp³-hybridized carbons (Fsp3) is 0.455. The molecule has 0 spiro atoms. The number of aryl methyl sites for hydroxylation is 1. The van der Waals surface area contributed by atoms with Crippen molar-refractivity contribution < 1.29 is 14.8 Å². The van der Waals surface area contributed by atoms with Crippen molar-refractivity contribution in [2.75, 3.05) is 18.0 Å². The smallest absolute Gasteiger partial charge is 0.323 e. The molecular weight excluding hydrogens is 238 g/mol. The Bertz CT molecular complexity index is 462. The summed E-state index contributed by atoms with van der Waals surface area (Å²) in [5, 5.41) is 19.4. The van der Waals surface area contributed by atoms with Gasteiger partial charge in [-0.3, -0.25) is 14.9 Å². The van der Waals surface area contributed by atoms with E-state index in [4.69, 9.17) is 5.11 Å². The molecular formula is C11H15N3O4.